The number of hydrogen-bond donors (Lipinski definition) is 2. The zero-order chi connectivity index (χ0) is 15.1. The Balaban J connectivity index is 1.88. The van der Waals surface area contributed by atoms with E-state index in [-0.39, 0.29) is 5.82 Å². The van der Waals surface area contributed by atoms with Crippen molar-refractivity contribution < 1.29 is 4.39 Å². The van der Waals surface area contributed by atoms with Crippen LogP contribution in [0.4, 0.5) is 10.3 Å². The van der Waals surface area contributed by atoms with Gasteiger partial charge in [0, 0.05) is 6.54 Å². The van der Waals surface area contributed by atoms with E-state index in [1.54, 1.807) is 17.1 Å². The molecule has 1 heterocycles. The number of unbranched alkanes of at least 4 members (excludes halogenated alkanes) is 1. The van der Waals surface area contributed by atoms with Gasteiger partial charge in [-0.3, -0.25) is 5.32 Å². The number of thiocarbonyl (C=S) groups is 1. The number of hydrogen-bond acceptors (Lipinski definition) is 3. The molecule has 1 aromatic heterocycles. The van der Waals surface area contributed by atoms with E-state index in [4.69, 9.17) is 12.2 Å². The fourth-order valence-corrected chi connectivity index (χ4v) is 1.97. The quantitative estimate of drug-likeness (QED) is 0.634. The van der Waals surface area contributed by atoms with E-state index in [0.29, 0.717) is 17.6 Å². The number of nitrogens with one attached hydrogen (secondary N) is 2. The topological polar surface area (TPSA) is 54.8 Å². The van der Waals surface area contributed by atoms with E-state index in [0.717, 1.165) is 24.9 Å². The Bertz CT molecular complexity index is 599. The first-order valence-electron chi connectivity index (χ1n) is 6.86. The van der Waals surface area contributed by atoms with Crippen LogP contribution in [-0.2, 0) is 6.54 Å². The largest absolute Gasteiger partial charge is 0.362 e. The van der Waals surface area contributed by atoms with Gasteiger partial charge in [-0.05, 0) is 36.3 Å². The normalized spacial score (nSPS) is 10.4. The molecule has 2 aromatic rings. The summed E-state index contributed by atoms with van der Waals surface area (Å²) in [6, 6.07) is 6.41. The van der Waals surface area contributed by atoms with E-state index in [2.05, 4.69) is 27.6 Å². The van der Waals surface area contributed by atoms with Crippen LogP contribution >= 0.6 is 12.2 Å². The maximum absolute atomic E-state index is 13.1. The third-order valence-corrected chi connectivity index (χ3v) is 3.06. The summed E-state index contributed by atoms with van der Waals surface area (Å²) in [7, 11) is 0. The molecule has 21 heavy (non-hydrogen) atoms. The van der Waals surface area contributed by atoms with E-state index >= 15 is 0 Å². The summed E-state index contributed by atoms with van der Waals surface area (Å²) in [5, 5.41) is 10.8. The number of anilines is 1. The molecular formula is C14H18FN5S. The van der Waals surface area contributed by atoms with Gasteiger partial charge in [-0.15, -0.1) is 5.10 Å². The predicted molar refractivity (Wildman–Crippen MR) is 84.7 cm³/mol. The van der Waals surface area contributed by atoms with Crippen molar-refractivity contribution in [3.63, 3.8) is 0 Å². The van der Waals surface area contributed by atoms with E-state index < -0.39 is 0 Å². The minimum Gasteiger partial charge on any atom is -0.362 e. The first-order valence-corrected chi connectivity index (χ1v) is 7.27. The third-order valence-electron chi connectivity index (χ3n) is 2.81. The van der Waals surface area contributed by atoms with E-state index in [1.807, 2.05) is 6.07 Å². The lowest BCUT2D eigenvalue weighted by molar-refractivity contribution is 0.619. The number of nitrogens with zero attached hydrogens (tertiary/aromatic N) is 3. The minimum atomic E-state index is -0.257. The van der Waals surface area contributed by atoms with Gasteiger partial charge in [0.1, 0.15) is 12.1 Å². The summed E-state index contributed by atoms with van der Waals surface area (Å²) in [5.41, 5.74) is 0.829. The first-order chi connectivity index (χ1) is 10.2. The highest BCUT2D eigenvalue weighted by molar-refractivity contribution is 7.80. The van der Waals surface area contributed by atoms with Crippen LogP contribution in [0.15, 0.2) is 30.6 Å². The molecule has 0 unspecified atom stereocenters. The summed E-state index contributed by atoms with van der Waals surface area (Å²) < 4.78 is 14.7. The number of aromatic nitrogens is 3. The molecule has 112 valence electrons. The van der Waals surface area contributed by atoms with Gasteiger partial charge in [0.25, 0.3) is 0 Å². The molecule has 0 radical (unpaired) electrons. The van der Waals surface area contributed by atoms with Crippen molar-refractivity contribution in [1.82, 2.24) is 20.1 Å². The lowest BCUT2D eigenvalue weighted by Crippen LogP contribution is -2.29. The van der Waals surface area contributed by atoms with Gasteiger partial charge in [0.05, 0.1) is 6.54 Å². The van der Waals surface area contributed by atoms with Crippen molar-refractivity contribution in [3.05, 3.63) is 42.0 Å². The van der Waals surface area contributed by atoms with Crippen LogP contribution < -0.4 is 10.6 Å². The van der Waals surface area contributed by atoms with E-state index in [1.165, 1.54) is 12.1 Å². The van der Waals surface area contributed by atoms with Crippen LogP contribution in [-0.4, -0.2) is 26.4 Å². The highest BCUT2D eigenvalue weighted by atomic mass is 32.1. The second-order valence-corrected chi connectivity index (χ2v) is 5.04. The average Bonchev–Trinajstić information content (AvgIpc) is 2.86. The predicted octanol–water partition coefficient (Wildman–Crippen LogP) is 2.55. The lowest BCUT2D eigenvalue weighted by atomic mass is 10.2. The molecule has 0 amide bonds. The van der Waals surface area contributed by atoms with Crippen molar-refractivity contribution >= 4 is 23.3 Å². The molecule has 7 heteroatoms. The molecular weight excluding hydrogens is 289 g/mol. The molecule has 2 rings (SSSR count). The van der Waals surface area contributed by atoms with Gasteiger partial charge in [0.2, 0.25) is 5.95 Å². The van der Waals surface area contributed by atoms with Crippen molar-refractivity contribution in [3.8, 4) is 0 Å². The summed E-state index contributed by atoms with van der Waals surface area (Å²) in [4.78, 5) is 4.12. The molecule has 2 N–H and O–H groups in total. The van der Waals surface area contributed by atoms with Crippen LogP contribution in [0.1, 0.15) is 25.3 Å². The molecule has 0 atom stereocenters. The highest BCUT2D eigenvalue weighted by Crippen LogP contribution is 2.06. The van der Waals surface area contributed by atoms with Crippen LogP contribution in [0, 0.1) is 5.82 Å². The molecule has 0 aliphatic carbocycles. The summed E-state index contributed by atoms with van der Waals surface area (Å²) in [5.74, 6) is 0.174. The molecule has 0 aliphatic heterocycles. The molecule has 1 aromatic carbocycles. The van der Waals surface area contributed by atoms with Crippen molar-refractivity contribution in [1.29, 1.82) is 0 Å². The molecule has 0 saturated heterocycles. The Kier molecular flexibility index (Phi) is 5.62. The average molecular weight is 307 g/mol. The SMILES string of the molecule is CCCCNC(=S)Nc1ncn(Cc2cccc(F)c2)n1. The zero-order valence-corrected chi connectivity index (χ0v) is 12.7. The van der Waals surface area contributed by atoms with Gasteiger partial charge in [-0.2, -0.15) is 0 Å². The first kappa shape index (κ1) is 15.4. The van der Waals surface area contributed by atoms with Crippen molar-refractivity contribution in [2.24, 2.45) is 0 Å². The molecule has 0 fully saturated rings. The van der Waals surface area contributed by atoms with Crippen molar-refractivity contribution in [2.75, 3.05) is 11.9 Å². The maximum atomic E-state index is 13.1. The van der Waals surface area contributed by atoms with Gasteiger partial charge in [-0.25, -0.2) is 14.1 Å². The van der Waals surface area contributed by atoms with Crippen molar-refractivity contribution in [2.45, 2.75) is 26.3 Å². The van der Waals surface area contributed by atoms with Crippen LogP contribution in [0.2, 0.25) is 0 Å². The summed E-state index contributed by atoms with van der Waals surface area (Å²) >= 11 is 5.14. The standard InChI is InChI=1S/C14H18FN5S/c1-2-3-7-16-14(21)18-13-17-10-20(19-13)9-11-5-4-6-12(15)8-11/h4-6,8,10H,2-3,7,9H2,1H3,(H2,16,18,19,21). The number of halogens is 1. The third kappa shape index (κ3) is 5.11. The molecule has 0 spiro atoms. The molecule has 0 aliphatic rings. The fourth-order valence-electron chi connectivity index (χ4n) is 1.77. The Morgan fingerprint density at radius 2 is 2.29 bits per heavy atom. The van der Waals surface area contributed by atoms with Crippen LogP contribution in [0.25, 0.3) is 0 Å². The summed E-state index contributed by atoms with van der Waals surface area (Å²) in [6.45, 7) is 3.41. The highest BCUT2D eigenvalue weighted by Gasteiger charge is 2.04. The maximum Gasteiger partial charge on any atom is 0.248 e. The monoisotopic (exact) mass is 307 g/mol. The fraction of sp³-hybridized carbons (Fsp3) is 0.357. The van der Waals surface area contributed by atoms with Crippen LogP contribution in [0.3, 0.4) is 0 Å². The Morgan fingerprint density at radius 3 is 3.05 bits per heavy atom. The van der Waals surface area contributed by atoms with Gasteiger partial charge < -0.3 is 5.32 Å². The Morgan fingerprint density at radius 1 is 1.43 bits per heavy atom. The number of rotatable bonds is 6. The van der Waals surface area contributed by atoms with Gasteiger partial charge in [0.15, 0.2) is 5.11 Å². The summed E-state index contributed by atoms with van der Waals surface area (Å²) in [6.07, 6.45) is 3.75. The Hall–Kier alpha value is -2.02. The van der Waals surface area contributed by atoms with Crippen LogP contribution in [0.5, 0.6) is 0 Å². The molecule has 0 saturated carbocycles. The van der Waals surface area contributed by atoms with Gasteiger partial charge >= 0.3 is 0 Å². The second kappa shape index (κ2) is 7.68. The second-order valence-electron chi connectivity index (χ2n) is 4.63. The molecule has 0 bridgehead atoms. The zero-order valence-electron chi connectivity index (χ0n) is 11.8. The Labute approximate surface area is 128 Å². The number of benzene rings is 1. The van der Waals surface area contributed by atoms with E-state index in [9.17, 15) is 4.39 Å². The lowest BCUT2D eigenvalue weighted by Gasteiger charge is -2.06. The molecule has 5 nitrogen and oxygen atoms in total. The smallest absolute Gasteiger partial charge is 0.248 e. The van der Waals surface area contributed by atoms with Gasteiger partial charge in [-0.1, -0.05) is 25.5 Å². The minimum absolute atomic E-state index is 0.257.